The number of aromatic nitrogens is 2. The Bertz CT molecular complexity index is 507. The fourth-order valence-corrected chi connectivity index (χ4v) is 1.41. The van der Waals surface area contributed by atoms with Gasteiger partial charge in [0.05, 0.1) is 11.7 Å². The minimum Gasteiger partial charge on any atom is -0.259 e. The van der Waals surface area contributed by atoms with Gasteiger partial charge in [0.1, 0.15) is 6.67 Å². The van der Waals surface area contributed by atoms with Crippen LogP contribution < -0.4 is 0 Å². The van der Waals surface area contributed by atoms with E-state index in [2.05, 4.69) is 21.2 Å². The minimum atomic E-state index is 0.239. The first-order valence-corrected chi connectivity index (χ1v) is 4.24. The van der Waals surface area contributed by atoms with Crippen molar-refractivity contribution in [1.82, 2.24) is 9.78 Å². The number of azide groups is 1. The molecule has 0 radical (unpaired) electrons. The first kappa shape index (κ1) is 8.59. The Kier molecular flexibility index (Phi) is 2.08. The SMILES string of the molecule is Cc1ccc2c(cnn2CN=[N+]=[N-])c1. The molecule has 0 aliphatic rings. The molecule has 0 fully saturated rings. The molecule has 0 spiro atoms. The van der Waals surface area contributed by atoms with Gasteiger partial charge in [-0.25, -0.2) is 0 Å². The molecule has 5 nitrogen and oxygen atoms in total. The first-order chi connectivity index (χ1) is 6.81. The van der Waals surface area contributed by atoms with Crippen molar-refractivity contribution in [1.29, 1.82) is 0 Å². The predicted octanol–water partition coefficient (Wildman–Crippen LogP) is 2.61. The first-order valence-electron chi connectivity index (χ1n) is 4.24. The molecule has 0 saturated heterocycles. The molecule has 0 atom stereocenters. The summed E-state index contributed by atoms with van der Waals surface area (Å²) in [6.07, 6.45) is 1.77. The lowest BCUT2D eigenvalue weighted by atomic mass is 10.2. The van der Waals surface area contributed by atoms with Crippen molar-refractivity contribution in [2.45, 2.75) is 13.6 Å². The van der Waals surface area contributed by atoms with E-state index in [1.165, 1.54) is 5.56 Å². The summed E-state index contributed by atoms with van der Waals surface area (Å²) in [4.78, 5) is 2.70. The molecule has 1 aromatic heterocycles. The maximum absolute atomic E-state index is 8.20. The van der Waals surface area contributed by atoms with Crippen LogP contribution in [0.3, 0.4) is 0 Å². The molecule has 70 valence electrons. The molecule has 1 aromatic carbocycles. The van der Waals surface area contributed by atoms with Crippen LogP contribution in [0.4, 0.5) is 0 Å². The summed E-state index contributed by atoms with van der Waals surface area (Å²) < 4.78 is 1.68. The van der Waals surface area contributed by atoms with Crippen molar-refractivity contribution in [2.75, 3.05) is 0 Å². The number of aryl methyl sites for hydroxylation is 1. The van der Waals surface area contributed by atoms with E-state index in [9.17, 15) is 0 Å². The van der Waals surface area contributed by atoms with E-state index < -0.39 is 0 Å². The van der Waals surface area contributed by atoms with Gasteiger partial charge in [-0.05, 0) is 24.6 Å². The van der Waals surface area contributed by atoms with E-state index in [1.54, 1.807) is 10.9 Å². The summed E-state index contributed by atoms with van der Waals surface area (Å²) in [6.45, 7) is 2.27. The monoisotopic (exact) mass is 187 g/mol. The molecule has 1 heterocycles. The number of hydrogen-bond donors (Lipinski definition) is 0. The molecule has 0 N–H and O–H groups in total. The minimum absolute atomic E-state index is 0.239. The number of rotatable bonds is 2. The predicted molar refractivity (Wildman–Crippen MR) is 53.6 cm³/mol. The Hall–Kier alpha value is -2.00. The van der Waals surface area contributed by atoms with Crippen LogP contribution >= 0.6 is 0 Å². The van der Waals surface area contributed by atoms with Gasteiger partial charge in [-0.2, -0.15) is 5.10 Å². The van der Waals surface area contributed by atoms with Gasteiger partial charge in [-0.1, -0.05) is 16.7 Å². The van der Waals surface area contributed by atoms with Crippen LogP contribution in [-0.2, 0) is 6.67 Å². The van der Waals surface area contributed by atoms with Crippen molar-refractivity contribution in [3.8, 4) is 0 Å². The second-order valence-electron chi connectivity index (χ2n) is 3.08. The van der Waals surface area contributed by atoms with Crippen LogP contribution in [0.15, 0.2) is 29.5 Å². The van der Waals surface area contributed by atoms with Crippen molar-refractivity contribution in [3.63, 3.8) is 0 Å². The van der Waals surface area contributed by atoms with Crippen LogP contribution in [-0.4, -0.2) is 9.78 Å². The summed E-state index contributed by atoms with van der Waals surface area (Å²) >= 11 is 0. The Morgan fingerprint density at radius 1 is 1.57 bits per heavy atom. The molecule has 5 heteroatoms. The topological polar surface area (TPSA) is 66.6 Å². The molecule has 0 saturated carbocycles. The summed E-state index contributed by atoms with van der Waals surface area (Å²) in [5.74, 6) is 0. The van der Waals surface area contributed by atoms with E-state index in [0.29, 0.717) is 0 Å². The van der Waals surface area contributed by atoms with E-state index in [0.717, 1.165) is 10.9 Å². The van der Waals surface area contributed by atoms with E-state index in [1.807, 2.05) is 19.1 Å². The van der Waals surface area contributed by atoms with Gasteiger partial charge in [0.2, 0.25) is 0 Å². The number of hydrogen-bond acceptors (Lipinski definition) is 2. The van der Waals surface area contributed by atoms with Gasteiger partial charge in [-0.3, -0.25) is 4.68 Å². The Balaban J connectivity index is 2.52. The molecule has 2 aromatic rings. The van der Waals surface area contributed by atoms with Crippen molar-refractivity contribution in [2.24, 2.45) is 5.11 Å². The highest BCUT2D eigenvalue weighted by atomic mass is 15.3. The molecule has 0 aliphatic heterocycles. The zero-order valence-electron chi connectivity index (χ0n) is 7.75. The van der Waals surface area contributed by atoms with Gasteiger partial charge in [0.25, 0.3) is 0 Å². The fraction of sp³-hybridized carbons (Fsp3) is 0.222. The highest BCUT2D eigenvalue weighted by Gasteiger charge is 2.00. The van der Waals surface area contributed by atoms with E-state index in [-0.39, 0.29) is 6.67 Å². The quantitative estimate of drug-likeness (QED) is 0.404. The molecule has 0 unspecified atom stereocenters. The Morgan fingerprint density at radius 2 is 2.43 bits per heavy atom. The van der Waals surface area contributed by atoms with Crippen LogP contribution in [0.5, 0.6) is 0 Å². The lowest BCUT2D eigenvalue weighted by molar-refractivity contribution is 0.657. The summed E-state index contributed by atoms with van der Waals surface area (Å²) in [5, 5.41) is 8.66. The molecule has 0 amide bonds. The molecule has 0 aliphatic carbocycles. The van der Waals surface area contributed by atoms with Gasteiger partial charge in [0.15, 0.2) is 0 Å². The third kappa shape index (κ3) is 1.41. The zero-order valence-corrected chi connectivity index (χ0v) is 7.75. The van der Waals surface area contributed by atoms with Gasteiger partial charge < -0.3 is 0 Å². The van der Waals surface area contributed by atoms with Crippen LogP contribution in [0.1, 0.15) is 5.56 Å². The van der Waals surface area contributed by atoms with Crippen molar-refractivity contribution in [3.05, 3.63) is 40.4 Å². The third-order valence-corrected chi connectivity index (χ3v) is 2.06. The zero-order chi connectivity index (χ0) is 9.97. The molecule has 14 heavy (non-hydrogen) atoms. The fourth-order valence-electron chi connectivity index (χ4n) is 1.41. The average Bonchev–Trinajstić information content (AvgIpc) is 2.57. The summed E-state index contributed by atoms with van der Waals surface area (Å²) in [6, 6.07) is 6.04. The third-order valence-electron chi connectivity index (χ3n) is 2.06. The molecule has 0 bridgehead atoms. The van der Waals surface area contributed by atoms with Crippen molar-refractivity contribution < 1.29 is 0 Å². The second kappa shape index (κ2) is 3.40. The summed E-state index contributed by atoms with van der Waals surface area (Å²) in [7, 11) is 0. The van der Waals surface area contributed by atoms with Gasteiger partial charge in [0, 0.05) is 10.3 Å². The maximum Gasteiger partial charge on any atom is 0.120 e. The average molecular weight is 187 g/mol. The molecular weight excluding hydrogens is 178 g/mol. The standard InChI is InChI=1S/C9H9N5/c1-7-2-3-9-8(4-7)5-12-14(9)6-11-13-10/h2-5H,6H2,1H3. The normalized spacial score (nSPS) is 10.1. The largest absolute Gasteiger partial charge is 0.259 e. The van der Waals surface area contributed by atoms with E-state index >= 15 is 0 Å². The highest BCUT2D eigenvalue weighted by molar-refractivity contribution is 5.79. The smallest absolute Gasteiger partial charge is 0.120 e. The van der Waals surface area contributed by atoms with Crippen molar-refractivity contribution >= 4 is 10.9 Å². The van der Waals surface area contributed by atoms with Crippen LogP contribution in [0.25, 0.3) is 21.3 Å². The second-order valence-corrected chi connectivity index (χ2v) is 3.08. The molecular formula is C9H9N5. The maximum atomic E-state index is 8.20. The number of nitrogens with zero attached hydrogens (tertiary/aromatic N) is 5. The number of fused-ring (bicyclic) bond motifs is 1. The van der Waals surface area contributed by atoms with Crippen LogP contribution in [0, 0.1) is 6.92 Å². The Labute approximate surface area is 80.6 Å². The van der Waals surface area contributed by atoms with Crippen LogP contribution in [0.2, 0.25) is 0 Å². The lowest BCUT2D eigenvalue weighted by Gasteiger charge is -1.97. The molecule has 2 rings (SSSR count). The Morgan fingerprint density at radius 3 is 3.21 bits per heavy atom. The lowest BCUT2D eigenvalue weighted by Crippen LogP contribution is -1.95. The number of benzene rings is 1. The van der Waals surface area contributed by atoms with E-state index in [4.69, 9.17) is 5.53 Å². The van der Waals surface area contributed by atoms with Gasteiger partial charge in [-0.15, -0.1) is 0 Å². The summed E-state index contributed by atoms with van der Waals surface area (Å²) in [5.41, 5.74) is 10.4. The van der Waals surface area contributed by atoms with Gasteiger partial charge >= 0.3 is 0 Å². The highest BCUT2D eigenvalue weighted by Crippen LogP contribution is 2.15.